The van der Waals surface area contributed by atoms with Gasteiger partial charge in [0.15, 0.2) is 0 Å². The fourth-order valence-electron chi connectivity index (χ4n) is 2.45. The van der Waals surface area contributed by atoms with Crippen molar-refractivity contribution in [3.8, 4) is 0 Å². The van der Waals surface area contributed by atoms with Crippen molar-refractivity contribution in [2.45, 2.75) is 65.0 Å². The van der Waals surface area contributed by atoms with Gasteiger partial charge in [0.05, 0.1) is 0 Å². The van der Waals surface area contributed by atoms with Gasteiger partial charge in [-0.1, -0.05) is 13.3 Å². The maximum absolute atomic E-state index is 11.8. The molecule has 94 valence electrons. The van der Waals surface area contributed by atoms with Crippen molar-refractivity contribution in [1.29, 1.82) is 0 Å². The highest BCUT2D eigenvalue weighted by Gasteiger charge is 2.25. The van der Waals surface area contributed by atoms with Crippen LogP contribution in [0.2, 0.25) is 0 Å². The third-order valence-electron chi connectivity index (χ3n) is 3.67. The number of urea groups is 1. The van der Waals surface area contributed by atoms with Crippen LogP contribution in [0.5, 0.6) is 0 Å². The monoisotopic (exact) mass is 226 g/mol. The Bertz CT molecular complexity index is 220. The molecule has 0 aromatic rings. The van der Waals surface area contributed by atoms with Crippen LogP contribution < -0.4 is 5.32 Å². The van der Waals surface area contributed by atoms with Crippen LogP contribution in [0.15, 0.2) is 0 Å². The summed E-state index contributed by atoms with van der Waals surface area (Å²) in [6.07, 6.45) is 6.18. The average Bonchev–Trinajstić information content (AvgIpc) is 2.27. The normalized spacial score (nSPS) is 25.6. The summed E-state index contributed by atoms with van der Waals surface area (Å²) in [5.41, 5.74) is 0. The van der Waals surface area contributed by atoms with Crippen LogP contribution in [0, 0.1) is 5.92 Å². The second-order valence-electron chi connectivity index (χ2n) is 5.30. The van der Waals surface area contributed by atoms with Gasteiger partial charge in [-0.25, -0.2) is 4.79 Å². The molecule has 3 heteroatoms. The third kappa shape index (κ3) is 3.69. The van der Waals surface area contributed by atoms with Crippen LogP contribution >= 0.6 is 0 Å². The van der Waals surface area contributed by atoms with E-state index in [1.807, 2.05) is 25.8 Å². The lowest BCUT2D eigenvalue weighted by molar-refractivity contribution is 0.158. The lowest BCUT2D eigenvalue weighted by Gasteiger charge is -2.34. The zero-order valence-electron chi connectivity index (χ0n) is 11.1. The minimum absolute atomic E-state index is 0.0787. The van der Waals surface area contributed by atoms with Gasteiger partial charge in [-0.15, -0.1) is 0 Å². The summed E-state index contributed by atoms with van der Waals surface area (Å²) in [5.74, 6) is 0.887. The van der Waals surface area contributed by atoms with Gasteiger partial charge < -0.3 is 10.2 Å². The van der Waals surface area contributed by atoms with Gasteiger partial charge in [0, 0.05) is 19.1 Å². The van der Waals surface area contributed by atoms with Crippen molar-refractivity contribution in [2.75, 3.05) is 7.05 Å². The summed E-state index contributed by atoms with van der Waals surface area (Å²) in [7, 11) is 1.93. The largest absolute Gasteiger partial charge is 0.336 e. The first kappa shape index (κ1) is 13.3. The highest BCUT2D eigenvalue weighted by atomic mass is 16.2. The number of carbonyl (C=O) groups excluding carboxylic acids is 1. The van der Waals surface area contributed by atoms with E-state index in [4.69, 9.17) is 0 Å². The molecule has 2 amide bonds. The summed E-state index contributed by atoms with van der Waals surface area (Å²) in [5, 5.41) is 2.95. The number of nitrogens with one attached hydrogen (secondary N) is 1. The fourth-order valence-corrected chi connectivity index (χ4v) is 2.45. The first-order valence-electron chi connectivity index (χ1n) is 6.57. The Kier molecular flexibility index (Phi) is 5.10. The van der Waals surface area contributed by atoms with Gasteiger partial charge in [0.25, 0.3) is 0 Å². The standard InChI is InChI=1S/C13H26N2O/c1-5-11-6-8-12(9-7-11)15(4)13(16)14-10(2)3/h10-12H,5-9H2,1-4H3,(H,14,16). The quantitative estimate of drug-likeness (QED) is 0.788. The molecule has 1 N–H and O–H groups in total. The van der Waals surface area contributed by atoms with Crippen molar-refractivity contribution in [3.63, 3.8) is 0 Å². The molecule has 0 spiro atoms. The molecule has 0 aliphatic heterocycles. The molecule has 0 bridgehead atoms. The molecular formula is C13H26N2O. The van der Waals surface area contributed by atoms with Crippen LogP contribution in [0.3, 0.4) is 0 Å². The van der Waals surface area contributed by atoms with Crippen molar-refractivity contribution in [1.82, 2.24) is 10.2 Å². The molecule has 1 aliphatic rings. The first-order valence-corrected chi connectivity index (χ1v) is 6.57. The van der Waals surface area contributed by atoms with Crippen LogP contribution in [-0.2, 0) is 0 Å². The summed E-state index contributed by atoms with van der Waals surface area (Å²) in [6, 6.07) is 0.749. The van der Waals surface area contributed by atoms with Gasteiger partial charge in [-0.05, 0) is 45.4 Å². The molecule has 1 aliphatic carbocycles. The molecule has 3 nitrogen and oxygen atoms in total. The summed E-state index contributed by atoms with van der Waals surface area (Å²) in [4.78, 5) is 13.7. The molecule has 16 heavy (non-hydrogen) atoms. The van der Waals surface area contributed by atoms with E-state index in [2.05, 4.69) is 12.2 Å². The number of amides is 2. The van der Waals surface area contributed by atoms with E-state index in [1.54, 1.807) is 0 Å². The Hall–Kier alpha value is -0.730. The number of rotatable bonds is 3. The van der Waals surface area contributed by atoms with E-state index in [1.165, 1.54) is 32.1 Å². The van der Waals surface area contributed by atoms with Crippen molar-refractivity contribution in [2.24, 2.45) is 5.92 Å². The molecule has 0 atom stereocenters. The van der Waals surface area contributed by atoms with Crippen LogP contribution in [0.1, 0.15) is 52.9 Å². The zero-order valence-corrected chi connectivity index (χ0v) is 11.1. The van der Waals surface area contributed by atoms with Crippen LogP contribution in [0.4, 0.5) is 4.79 Å². The Morgan fingerprint density at radius 1 is 1.31 bits per heavy atom. The molecule has 1 rings (SSSR count). The SMILES string of the molecule is CCC1CCC(N(C)C(=O)NC(C)C)CC1. The molecule has 0 radical (unpaired) electrons. The number of carbonyl (C=O) groups is 1. The minimum atomic E-state index is 0.0787. The highest BCUT2D eigenvalue weighted by molar-refractivity contribution is 5.74. The van der Waals surface area contributed by atoms with E-state index >= 15 is 0 Å². The fraction of sp³-hybridized carbons (Fsp3) is 0.923. The Labute approximate surface area is 99.6 Å². The maximum Gasteiger partial charge on any atom is 0.317 e. The summed E-state index contributed by atoms with van der Waals surface area (Å²) in [6.45, 7) is 6.26. The van der Waals surface area contributed by atoms with Crippen molar-refractivity contribution in [3.05, 3.63) is 0 Å². The topological polar surface area (TPSA) is 32.3 Å². The van der Waals surface area contributed by atoms with E-state index in [-0.39, 0.29) is 12.1 Å². The van der Waals surface area contributed by atoms with Gasteiger partial charge in [-0.3, -0.25) is 0 Å². The minimum Gasteiger partial charge on any atom is -0.336 e. The molecule has 0 aromatic heterocycles. The molecule has 1 saturated carbocycles. The molecule has 0 unspecified atom stereocenters. The molecule has 0 heterocycles. The Morgan fingerprint density at radius 3 is 2.31 bits per heavy atom. The molecule has 0 saturated heterocycles. The summed E-state index contributed by atoms with van der Waals surface area (Å²) < 4.78 is 0. The second-order valence-corrected chi connectivity index (χ2v) is 5.30. The van der Waals surface area contributed by atoms with E-state index < -0.39 is 0 Å². The van der Waals surface area contributed by atoms with Crippen LogP contribution in [-0.4, -0.2) is 30.1 Å². The predicted molar refractivity (Wildman–Crippen MR) is 67.5 cm³/mol. The first-order chi connectivity index (χ1) is 7.54. The van der Waals surface area contributed by atoms with Crippen molar-refractivity contribution < 1.29 is 4.79 Å². The molecule has 0 aromatic carbocycles. The zero-order chi connectivity index (χ0) is 12.1. The number of hydrogen-bond donors (Lipinski definition) is 1. The van der Waals surface area contributed by atoms with E-state index in [9.17, 15) is 4.79 Å². The molecule has 1 fully saturated rings. The third-order valence-corrected chi connectivity index (χ3v) is 3.67. The number of hydrogen-bond acceptors (Lipinski definition) is 1. The summed E-state index contributed by atoms with van der Waals surface area (Å²) >= 11 is 0. The lowest BCUT2D eigenvalue weighted by Crippen LogP contribution is -2.46. The average molecular weight is 226 g/mol. The van der Waals surface area contributed by atoms with Crippen LogP contribution in [0.25, 0.3) is 0 Å². The smallest absolute Gasteiger partial charge is 0.317 e. The van der Waals surface area contributed by atoms with Gasteiger partial charge in [-0.2, -0.15) is 0 Å². The van der Waals surface area contributed by atoms with Crippen molar-refractivity contribution >= 4 is 6.03 Å². The van der Waals surface area contributed by atoms with Gasteiger partial charge >= 0.3 is 6.03 Å². The Balaban J connectivity index is 2.37. The second kappa shape index (κ2) is 6.12. The van der Waals surface area contributed by atoms with E-state index in [0.717, 1.165) is 5.92 Å². The molecular weight excluding hydrogens is 200 g/mol. The highest BCUT2D eigenvalue weighted by Crippen LogP contribution is 2.28. The number of nitrogens with zero attached hydrogens (tertiary/aromatic N) is 1. The Morgan fingerprint density at radius 2 is 1.88 bits per heavy atom. The lowest BCUT2D eigenvalue weighted by atomic mass is 9.84. The van der Waals surface area contributed by atoms with Gasteiger partial charge in [0.1, 0.15) is 0 Å². The maximum atomic E-state index is 11.8. The van der Waals surface area contributed by atoms with E-state index in [0.29, 0.717) is 6.04 Å². The van der Waals surface area contributed by atoms with Gasteiger partial charge in [0.2, 0.25) is 0 Å². The predicted octanol–water partition coefficient (Wildman–Crippen LogP) is 3.01.